The molecule has 0 saturated heterocycles. The second-order valence-electron chi connectivity index (χ2n) is 7.03. The molecule has 4 N–H and O–H groups in total. The molecule has 0 amide bonds. The Morgan fingerprint density at radius 1 is 1.29 bits per heavy atom. The van der Waals surface area contributed by atoms with Crippen LogP contribution in [0.15, 0.2) is 53.3 Å². The van der Waals surface area contributed by atoms with Crippen LogP contribution in [0.1, 0.15) is 23.6 Å². The molecule has 2 heterocycles. The molecule has 2 aromatic carbocycles. The van der Waals surface area contributed by atoms with Gasteiger partial charge in [0, 0.05) is 17.4 Å². The number of nitrogen functional groups attached to an aromatic ring is 1. The number of aromatic amines is 1. The smallest absolute Gasteiger partial charge is 0.264 e. The van der Waals surface area contributed by atoms with E-state index in [1.807, 2.05) is 54.3 Å². The summed E-state index contributed by atoms with van der Waals surface area (Å²) in [5, 5.41) is 3.07. The number of aryl methyl sites for hydroxylation is 1. The highest BCUT2D eigenvalue weighted by atomic mass is 32.1. The molecule has 0 aliphatic carbocycles. The Morgan fingerprint density at radius 2 is 2.07 bits per heavy atom. The molecule has 0 saturated carbocycles. The molecule has 6 nitrogen and oxygen atoms in total. The minimum absolute atomic E-state index is 0.112. The number of nitrogens with two attached hydrogens (primary N) is 1. The highest BCUT2D eigenvalue weighted by Crippen LogP contribution is 2.36. The van der Waals surface area contributed by atoms with E-state index in [4.69, 9.17) is 18.0 Å². The fraction of sp³-hybridized carbons (Fsp3) is 0.190. The highest BCUT2D eigenvalue weighted by molar-refractivity contribution is 7.81. The number of rotatable bonds is 3. The van der Waals surface area contributed by atoms with Crippen molar-refractivity contribution in [2.24, 2.45) is 0 Å². The van der Waals surface area contributed by atoms with E-state index >= 15 is 0 Å². The summed E-state index contributed by atoms with van der Waals surface area (Å²) >= 11 is 5.42. The number of hydrogen-bond donors (Lipinski definition) is 3. The molecule has 28 heavy (non-hydrogen) atoms. The predicted molar refractivity (Wildman–Crippen MR) is 118 cm³/mol. The molecule has 1 aliphatic heterocycles. The largest absolute Gasteiger partial charge is 0.383 e. The monoisotopic (exact) mass is 391 g/mol. The third-order valence-electron chi connectivity index (χ3n) is 4.87. The number of para-hydroxylation sites is 1. The van der Waals surface area contributed by atoms with Crippen molar-refractivity contribution in [1.82, 2.24) is 9.97 Å². The molecule has 142 valence electrons. The fourth-order valence-corrected chi connectivity index (χ4v) is 3.93. The van der Waals surface area contributed by atoms with E-state index in [1.54, 1.807) is 0 Å². The van der Waals surface area contributed by atoms with Crippen LogP contribution in [-0.4, -0.2) is 21.0 Å². The maximum Gasteiger partial charge on any atom is 0.264 e. The number of thiocarbonyl (C=S) groups is 1. The van der Waals surface area contributed by atoms with Crippen LogP contribution < -0.4 is 21.5 Å². The van der Waals surface area contributed by atoms with E-state index in [-0.39, 0.29) is 28.0 Å². The zero-order valence-electron chi connectivity index (χ0n) is 15.7. The van der Waals surface area contributed by atoms with Gasteiger partial charge in [0.15, 0.2) is 0 Å². The molecule has 1 aliphatic rings. The molecule has 1 aromatic heterocycles. The minimum atomic E-state index is -0.357. The van der Waals surface area contributed by atoms with Gasteiger partial charge in [-0.05, 0) is 49.6 Å². The first-order valence-corrected chi connectivity index (χ1v) is 9.50. The van der Waals surface area contributed by atoms with Crippen molar-refractivity contribution in [1.29, 1.82) is 0 Å². The molecule has 1 atom stereocenters. The first kappa shape index (κ1) is 18.2. The van der Waals surface area contributed by atoms with Gasteiger partial charge in [0.2, 0.25) is 5.95 Å². The lowest BCUT2D eigenvalue weighted by Crippen LogP contribution is -2.31. The van der Waals surface area contributed by atoms with Gasteiger partial charge < -0.3 is 16.0 Å². The molecule has 7 heteroatoms. The van der Waals surface area contributed by atoms with E-state index < -0.39 is 0 Å². The van der Waals surface area contributed by atoms with Crippen molar-refractivity contribution < 1.29 is 0 Å². The summed E-state index contributed by atoms with van der Waals surface area (Å²) in [7, 11) is 0. The summed E-state index contributed by atoms with van der Waals surface area (Å²) in [4.78, 5) is 22.4. The summed E-state index contributed by atoms with van der Waals surface area (Å²) in [6.45, 7) is 4.08. The molecule has 0 spiro atoms. The highest BCUT2D eigenvalue weighted by Gasteiger charge is 2.29. The van der Waals surface area contributed by atoms with Crippen LogP contribution in [0.3, 0.4) is 0 Å². The van der Waals surface area contributed by atoms with Gasteiger partial charge >= 0.3 is 0 Å². The van der Waals surface area contributed by atoms with Crippen molar-refractivity contribution in [2.45, 2.75) is 26.3 Å². The summed E-state index contributed by atoms with van der Waals surface area (Å²) in [6.07, 6.45) is 0.884. The van der Waals surface area contributed by atoms with Crippen LogP contribution in [-0.2, 0) is 6.42 Å². The van der Waals surface area contributed by atoms with E-state index in [2.05, 4.69) is 28.3 Å². The zero-order chi connectivity index (χ0) is 19.8. The van der Waals surface area contributed by atoms with Gasteiger partial charge in [0.1, 0.15) is 16.4 Å². The molecule has 0 bridgehead atoms. The van der Waals surface area contributed by atoms with Crippen molar-refractivity contribution in [3.05, 3.63) is 75.6 Å². The summed E-state index contributed by atoms with van der Waals surface area (Å²) in [5.41, 5.74) is 10.1. The summed E-state index contributed by atoms with van der Waals surface area (Å²) in [5.74, 6) is 0.544. The Bertz CT molecular complexity index is 1120. The Morgan fingerprint density at radius 3 is 2.82 bits per heavy atom. The van der Waals surface area contributed by atoms with Crippen molar-refractivity contribution >= 4 is 40.3 Å². The van der Waals surface area contributed by atoms with Gasteiger partial charge in [-0.25, -0.2) is 0 Å². The van der Waals surface area contributed by atoms with Crippen LogP contribution in [0, 0.1) is 6.92 Å². The quantitative estimate of drug-likeness (QED) is 0.592. The molecular formula is C21H21N5OS. The van der Waals surface area contributed by atoms with Gasteiger partial charge in [-0.1, -0.05) is 42.5 Å². The maximum atomic E-state index is 12.8. The molecule has 0 fully saturated rings. The van der Waals surface area contributed by atoms with E-state index in [0.717, 1.165) is 23.4 Å². The SMILES string of the molecule is Cc1cccc(NC(=S)c2c(N)nc(N3c4ccccc4C[C@@H]3C)[nH]c2=O)c1. The molecule has 4 rings (SSSR count). The Balaban J connectivity index is 1.68. The van der Waals surface area contributed by atoms with Gasteiger partial charge in [0.05, 0.1) is 0 Å². The van der Waals surface area contributed by atoms with E-state index in [1.165, 1.54) is 5.56 Å². The van der Waals surface area contributed by atoms with Crippen LogP contribution in [0.2, 0.25) is 0 Å². The van der Waals surface area contributed by atoms with Crippen LogP contribution >= 0.6 is 12.2 Å². The van der Waals surface area contributed by atoms with Gasteiger partial charge in [0.25, 0.3) is 5.56 Å². The molecule has 0 unspecified atom stereocenters. The van der Waals surface area contributed by atoms with Crippen molar-refractivity contribution in [2.75, 3.05) is 16.0 Å². The van der Waals surface area contributed by atoms with Crippen LogP contribution in [0.5, 0.6) is 0 Å². The fourth-order valence-electron chi connectivity index (χ4n) is 3.62. The normalized spacial score (nSPS) is 15.4. The Labute approximate surface area is 168 Å². The van der Waals surface area contributed by atoms with Gasteiger partial charge in [-0.15, -0.1) is 0 Å². The van der Waals surface area contributed by atoms with Crippen LogP contribution in [0.4, 0.5) is 23.1 Å². The Hall–Kier alpha value is -3.19. The maximum absolute atomic E-state index is 12.8. The number of nitrogens with zero attached hydrogens (tertiary/aromatic N) is 2. The van der Waals surface area contributed by atoms with Crippen LogP contribution in [0.25, 0.3) is 0 Å². The van der Waals surface area contributed by atoms with Crippen molar-refractivity contribution in [3.8, 4) is 0 Å². The van der Waals surface area contributed by atoms with Crippen molar-refractivity contribution in [3.63, 3.8) is 0 Å². The number of hydrogen-bond acceptors (Lipinski definition) is 5. The summed E-state index contributed by atoms with van der Waals surface area (Å²) < 4.78 is 0. The number of fused-ring (bicyclic) bond motifs is 1. The topological polar surface area (TPSA) is 87.0 Å². The standard InChI is InChI=1S/C21H21N5OS/c1-12-6-5-8-15(10-12)23-20(28)17-18(22)24-21(25-19(17)27)26-13(2)11-14-7-3-4-9-16(14)26/h3-10,13H,11H2,1-2H3,(H,23,28)(H3,22,24,25,27)/t13-/m0/s1. The lowest BCUT2D eigenvalue weighted by molar-refractivity contribution is 0.738. The number of nitrogens with one attached hydrogen (secondary N) is 2. The average Bonchev–Trinajstić information content (AvgIpc) is 2.96. The minimum Gasteiger partial charge on any atom is -0.383 e. The number of H-pyrrole nitrogens is 1. The number of anilines is 4. The first-order valence-electron chi connectivity index (χ1n) is 9.09. The second kappa shape index (κ2) is 7.09. The molecule has 0 radical (unpaired) electrons. The number of benzene rings is 2. The van der Waals surface area contributed by atoms with Gasteiger partial charge in [-0.2, -0.15) is 4.98 Å². The molecular weight excluding hydrogens is 370 g/mol. The zero-order valence-corrected chi connectivity index (χ0v) is 16.5. The third-order valence-corrected chi connectivity index (χ3v) is 5.18. The van der Waals surface area contributed by atoms with E-state index in [0.29, 0.717) is 5.95 Å². The second-order valence-corrected chi connectivity index (χ2v) is 7.43. The van der Waals surface area contributed by atoms with E-state index in [9.17, 15) is 4.79 Å². The average molecular weight is 392 g/mol. The lowest BCUT2D eigenvalue weighted by Gasteiger charge is -2.23. The lowest BCUT2D eigenvalue weighted by atomic mass is 10.1. The Kier molecular flexibility index (Phi) is 4.60. The predicted octanol–water partition coefficient (Wildman–Crippen LogP) is 3.53. The van der Waals surface area contributed by atoms with Gasteiger partial charge in [-0.3, -0.25) is 9.78 Å². The summed E-state index contributed by atoms with van der Waals surface area (Å²) in [6, 6.07) is 16.0. The molecule has 3 aromatic rings. The number of aromatic nitrogens is 2. The first-order chi connectivity index (χ1) is 13.4. The third kappa shape index (κ3) is 3.25.